The van der Waals surface area contributed by atoms with Gasteiger partial charge in [0.25, 0.3) is 10.0 Å². The second-order valence-corrected chi connectivity index (χ2v) is 7.83. The van der Waals surface area contributed by atoms with Crippen molar-refractivity contribution >= 4 is 21.8 Å². The van der Waals surface area contributed by atoms with Gasteiger partial charge in [0.2, 0.25) is 5.91 Å². The van der Waals surface area contributed by atoms with Crippen LogP contribution in [0.1, 0.15) is 12.5 Å². The van der Waals surface area contributed by atoms with Crippen molar-refractivity contribution in [1.82, 2.24) is 9.62 Å². The van der Waals surface area contributed by atoms with Gasteiger partial charge in [0.1, 0.15) is 24.2 Å². The van der Waals surface area contributed by atoms with Crippen molar-refractivity contribution in [2.24, 2.45) is 4.99 Å². The fourth-order valence-corrected chi connectivity index (χ4v) is 3.96. The topological polar surface area (TPSA) is 88.1 Å². The predicted molar refractivity (Wildman–Crippen MR) is 102 cm³/mol. The van der Waals surface area contributed by atoms with Crippen molar-refractivity contribution in [3.63, 3.8) is 0 Å². The highest BCUT2D eigenvalue weighted by Gasteiger charge is 2.31. The van der Waals surface area contributed by atoms with E-state index < -0.39 is 16.1 Å². The molecule has 142 valence electrons. The van der Waals surface area contributed by atoms with Crippen LogP contribution < -0.4 is 9.46 Å². The molecule has 1 aliphatic heterocycles. The number of fused-ring (bicyclic) bond motifs is 1. The van der Waals surface area contributed by atoms with E-state index in [1.165, 1.54) is 11.0 Å². The fourth-order valence-electron chi connectivity index (χ4n) is 2.72. The minimum absolute atomic E-state index is 0.174. The summed E-state index contributed by atoms with van der Waals surface area (Å²) in [6.07, 6.45) is 0. The van der Waals surface area contributed by atoms with Crippen LogP contribution in [0.3, 0.4) is 0 Å². The molecule has 0 bridgehead atoms. The second kappa shape index (κ2) is 7.79. The number of sulfonamides is 1. The maximum atomic E-state index is 12.5. The number of likely N-dealkylation sites (N-methyl/N-ethyl adjacent to an activating group) is 1. The molecule has 1 N–H and O–H groups in total. The maximum absolute atomic E-state index is 12.5. The van der Waals surface area contributed by atoms with Crippen molar-refractivity contribution in [2.75, 3.05) is 20.2 Å². The van der Waals surface area contributed by atoms with Gasteiger partial charge >= 0.3 is 0 Å². The number of nitrogens with one attached hydrogen (secondary N) is 1. The van der Waals surface area contributed by atoms with Crippen LogP contribution >= 0.6 is 0 Å². The summed E-state index contributed by atoms with van der Waals surface area (Å²) in [5.74, 6) is 0.715. The van der Waals surface area contributed by atoms with Gasteiger partial charge in [-0.05, 0) is 31.2 Å². The van der Waals surface area contributed by atoms with E-state index in [0.717, 1.165) is 5.75 Å². The molecule has 8 heteroatoms. The summed E-state index contributed by atoms with van der Waals surface area (Å²) in [5.41, 5.74) is 0.479. The molecule has 0 saturated carbocycles. The Hall–Kier alpha value is -2.87. The number of aliphatic imine (C=N–C) groups is 1. The molecule has 0 aromatic heterocycles. The van der Waals surface area contributed by atoms with Crippen LogP contribution in [-0.4, -0.2) is 51.3 Å². The van der Waals surface area contributed by atoms with E-state index >= 15 is 0 Å². The Morgan fingerprint density at radius 2 is 1.81 bits per heavy atom. The van der Waals surface area contributed by atoms with Gasteiger partial charge in [0.05, 0.1) is 11.4 Å². The average Bonchev–Trinajstić information content (AvgIpc) is 2.92. The van der Waals surface area contributed by atoms with Gasteiger partial charge in [0.15, 0.2) is 0 Å². The van der Waals surface area contributed by atoms with Gasteiger partial charge in [-0.15, -0.1) is 0 Å². The number of benzene rings is 2. The van der Waals surface area contributed by atoms with Gasteiger partial charge in [0, 0.05) is 12.6 Å². The summed E-state index contributed by atoms with van der Waals surface area (Å²) in [6.45, 7) is 2.38. The number of amidine groups is 1. The number of ether oxygens (including phenoxy) is 1. The molecule has 27 heavy (non-hydrogen) atoms. The number of carbonyl (C=O) groups is 1. The third kappa shape index (κ3) is 4.28. The molecule has 0 unspecified atom stereocenters. The minimum Gasteiger partial charge on any atom is -0.492 e. The molecular formula is C19H21N3O4S. The molecular weight excluding hydrogens is 366 g/mol. The summed E-state index contributed by atoms with van der Waals surface area (Å²) >= 11 is 0. The SMILES string of the molecule is C[C@@H](N=C1NS(=O)(=O)c2ccccc21)C(=O)N(C)CCOc1ccccc1. The van der Waals surface area contributed by atoms with Crippen molar-refractivity contribution in [3.05, 3.63) is 60.2 Å². The Bertz CT molecular complexity index is 958. The first kappa shape index (κ1) is 18.9. The van der Waals surface area contributed by atoms with Crippen molar-refractivity contribution in [3.8, 4) is 5.75 Å². The number of hydrogen-bond acceptors (Lipinski definition) is 5. The first-order valence-electron chi connectivity index (χ1n) is 8.51. The standard InChI is InChI=1S/C19H21N3O4S/c1-14(19(23)22(2)12-13-26-15-8-4-3-5-9-15)20-18-16-10-6-7-11-17(16)27(24,25)21-18/h3-11,14H,12-13H2,1-2H3,(H,20,21)/t14-/m1/s1. The highest BCUT2D eigenvalue weighted by Crippen LogP contribution is 2.22. The second-order valence-electron chi connectivity index (χ2n) is 6.18. The molecule has 0 spiro atoms. The third-order valence-corrected chi connectivity index (χ3v) is 5.55. The number of rotatable bonds is 6. The van der Waals surface area contributed by atoms with E-state index in [1.807, 2.05) is 30.3 Å². The van der Waals surface area contributed by atoms with Crippen LogP contribution in [0.2, 0.25) is 0 Å². The highest BCUT2D eigenvalue weighted by atomic mass is 32.2. The van der Waals surface area contributed by atoms with Crippen molar-refractivity contribution in [2.45, 2.75) is 17.9 Å². The number of para-hydroxylation sites is 1. The molecule has 1 heterocycles. The van der Waals surface area contributed by atoms with E-state index in [1.54, 1.807) is 32.2 Å². The normalized spacial score (nSPS) is 17.0. The molecule has 1 aliphatic rings. The van der Waals surface area contributed by atoms with Crippen molar-refractivity contribution in [1.29, 1.82) is 0 Å². The highest BCUT2D eigenvalue weighted by molar-refractivity contribution is 7.90. The Kier molecular flexibility index (Phi) is 5.46. The number of hydrogen-bond donors (Lipinski definition) is 1. The maximum Gasteiger partial charge on any atom is 0.263 e. The van der Waals surface area contributed by atoms with Gasteiger partial charge in [-0.25, -0.2) is 8.42 Å². The van der Waals surface area contributed by atoms with E-state index in [-0.39, 0.29) is 16.6 Å². The number of nitrogens with zero attached hydrogens (tertiary/aromatic N) is 2. The molecule has 0 fully saturated rings. The van der Waals surface area contributed by atoms with Gasteiger partial charge in [-0.1, -0.05) is 30.3 Å². The van der Waals surface area contributed by atoms with E-state index in [2.05, 4.69) is 9.71 Å². The summed E-state index contributed by atoms with van der Waals surface area (Å²) in [7, 11) is -1.95. The zero-order valence-electron chi connectivity index (χ0n) is 15.1. The average molecular weight is 387 g/mol. The summed E-state index contributed by atoms with van der Waals surface area (Å²) in [4.78, 5) is 18.5. The van der Waals surface area contributed by atoms with E-state index in [9.17, 15) is 13.2 Å². The lowest BCUT2D eigenvalue weighted by Gasteiger charge is -2.20. The minimum atomic E-state index is -3.62. The molecule has 0 aliphatic carbocycles. The molecule has 3 rings (SSSR count). The number of carbonyl (C=O) groups excluding carboxylic acids is 1. The Morgan fingerprint density at radius 3 is 2.56 bits per heavy atom. The molecule has 0 saturated heterocycles. The predicted octanol–water partition coefficient (Wildman–Crippen LogP) is 1.65. The largest absolute Gasteiger partial charge is 0.492 e. The Balaban J connectivity index is 1.63. The van der Waals surface area contributed by atoms with Crippen LogP contribution in [-0.2, 0) is 14.8 Å². The summed E-state index contributed by atoms with van der Waals surface area (Å²) in [5, 5.41) is 0. The number of amides is 1. The van der Waals surface area contributed by atoms with Crippen LogP contribution in [0.15, 0.2) is 64.5 Å². The van der Waals surface area contributed by atoms with E-state index in [4.69, 9.17) is 4.74 Å². The first-order chi connectivity index (χ1) is 12.9. The van der Waals surface area contributed by atoms with Crippen LogP contribution in [0.4, 0.5) is 0 Å². The molecule has 0 radical (unpaired) electrons. The fraction of sp³-hybridized carbons (Fsp3) is 0.263. The van der Waals surface area contributed by atoms with Crippen LogP contribution in [0.25, 0.3) is 0 Å². The Morgan fingerprint density at radius 1 is 1.15 bits per heavy atom. The van der Waals surface area contributed by atoms with Gasteiger partial charge in [-0.2, -0.15) is 0 Å². The molecule has 1 atom stereocenters. The lowest BCUT2D eigenvalue weighted by molar-refractivity contribution is -0.131. The van der Waals surface area contributed by atoms with Gasteiger partial charge in [-0.3, -0.25) is 14.5 Å². The monoisotopic (exact) mass is 387 g/mol. The lowest BCUT2D eigenvalue weighted by Crippen LogP contribution is -2.37. The smallest absolute Gasteiger partial charge is 0.263 e. The molecule has 7 nitrogen and oxygen atoms in total. The van der Waals surface area contributed by atoms with E-state index in [0.29, 0.717) is 18.7 Å². The summed E-state index contributed by atoms with van der Waals surface area (Å²) in [6, 6.07) is 15.2. The quantitative estimate of drug-likeness (QED) is 0.816. The van der Waals surface area contributed by atoms with Gasteiger partial charge < -0.3 is 9.64 Å². The third-order valence-electron chi connectivity index (χ3n) is 4.16. The zero-order valence-corrected chi connectivity index (χ0v) is 15.9. The lowest BCUT2D eigenvalue weighted by atomic mass is 10.2. The summed E-state index contributed by atoms with van der Waals surface area (Å²) < 4.78 is 32.2. The zero-order chi connectivity index (χ0) is 19.4. The van der Waals surface area contributed by atoms with Crippen molar-refractivity contribution < 1.29 is 17.9 Å². The Labute approximate surface area is 158 Å². The van der Waals surface area contributed by atoms with Crippen LogP contribution in [0.5, 0.6) is 5.75 Å². The van der Waals surface area contributed by atoms with Crippen LogP contribution in [0, 0.1) is 0 Å². The molecule has 2 aromatic rings. The molecule has 2 aromatic carbocycles. The molecule has 1 amide bonds. The first-order valence-corrected chi connectivity index (χ1v) is 9.99.